The molecule has 0 aliphatic carbocycles. The molecule has 0 aromatic heterocycles. The van der Waals surface area contributed by atoms with Gasteiger partial charge in [0.05, 0.1) is 5.41 Å². The third kappa shape index (κ3) is 2.83. The van der Waals surface area contributed by atoms with Crippen molar-refractivity contribution in [2.24, 2.45) is 0 Å². The Morgan fingerprint density at radius 2 is 1.67 bits per heavy atom. The smallest absolute Gasteiger partial charge is 0.209 e. The standard InChI is InChI=1S/C25H20FNO2.CH4/c1-24(2)20-15-18(23(28)17-7-10-19(26)11-8-17)9-12-21(20)27-25(24)14-13-16-5-3-4-6-22(16)29-25;/h3-15,27H,1-2H3;1H4. The first-order valence-electron chi connectivity index (χ1n) is 9.60. The summed E-state index contributed by atoms with van der Waals surface area (Å²) in [6, 6.07) is 19.2. The largest absolute Gasteiger partial charge is 0.463 e. The van der Waals surface area contributed by atoms with Crippen LogP contribution in [-0.4, -0.2) is 11.5 Å². The maximum atomic E-state index is 13.2. The summed E-state index contributed by atoms with van der Waals surface area (Å²) < 4.78 is 19.7. The number of ketones is 1. The molecule has 1 spiro atoms. The van der Waals surface area contributed by atoms with E-state index in [-0.39, 0.29) is 19.0 Å². The Morgan fingerprint density at radius 1 is 0.967 bits per heavy atom. The molecule has 4 heteroatoms. The molecule has 0 amide bonds. The topological polar surface area (TPSA) is 38.3 Å². The Kier molecular flexibility index (Phi) is 4.53. The highest BCUT2D eigenvalue weighted by Crippen LogP contribution is 2.51. The molecule has 2 heterocycles. The molecule has 3 aromatic rings. The second-order valence-corrected chi connectivity index (χ2v) is 8.06. The minimum absolute atomic E-state index is 0. The molecule has 1 N–H and O–H groups in total. The Bertz CT molecular complexity index is 1160. The summed E-state index contributed by atoms with van der Waals surface area (Å²) >= 11 is 0. The van der Waals surface area contributed by atoms with Crippen LogP contribution in [0.1, 0.15) is 48.3 Å². The lowest BCUT2D eigenvalue weighted by Crippen LogP contribution is -2.53. The normalized spacial score (nSPS) is 19.8. The van der Waals surface area contributed by atoms with E-state index < -0.39 is 11.1 Å². The predicted octanol–water partition coefficient (Wildman–Crippen LogP) is 6.20. The average molecular weight is 401 g/mol. The molecule has 3 nitrogen and oxygen atoms in total. The molecule has 0 radical (unpaired) electrons. The van der Waals surface area contributed by atoms with E-state index in [1.807, 2.05) is 36.4 Å². The van der Waals surface area contributed by atoms with Crippen LogP contribution in [0.2, 0.25) is 0 Å². The van der Waals surface area contributed by atoms with Crippen LogP contribution in [0, 0.1) is 5.82 Å². The monoisotopic (exact) mass is 401 g/mol. The van der Waals surface area contributed by atoms with Crippen LogP contribution in [-0.2, 0) is 5.41 Å². The molecular formula is C26H24FNO2. The molecule has 1 atom stereocenters. The molecule has 1 unspecified atom stereocenters. The second-order valence-electron chi connectivity index (χ2n) is 8.06. The van der Waals surface area contributed by atoms with Gasteiger partial charge in [0.15, 0.2) is 5.78 Å². The van der Waals surface area contributed by atoms with Gasteiger partial charge in [0.25, 0.3) is 0 Å². The maximum absolute atomic E-state index is 13.2. The fourth-order valence-electron chi connectivity index (χ4n) is 4.16. The van der Waals surface area contributed by atoms with E-state index in [9.17, 15) is 9.18 Å². The second kappa shape index (κ2) is 6.84. The first-order valence-corrected chi connectivity index (χ1v) is 9.60. The Hall–Kier alpha value is -3.40. The van der Waals surface area contributed by atoms with Gasteiger partial charge in [-0.15, -0.1) is 0 Å². The van der Waals surface area contributed by atoms with Crippen LogP contribution in [0.15, 0.2) is 72.8 Å². The van der Waals surface area contributed by atoms with E-state index in [2.05, 4.69) is 31.3 Å². The van der Waals surface area contributed by atoms with Gasteiger partial charge >= 0.3 is 0 Å². The number of ether oxygens (including phenoxy) is 1. The zero-order valence-electron chi connectivity index (χ0n) is 16.2. The van der Waals surface area contributed by atoms with Gasteiger partial charge in [-0.05, 0) is 80.1 Å². The minimum atomic E-state index is -0.735. The Labute approximate surface area is 176 Å². The number of nitrogens with one attached hydrogen (secondary N) is 1. The summed E-state index contributed by atoms with van der Waals surface area (Å²) in [4.78, 5) is 12.9. The molecule has 5 rings (SSSR count). The van der Waals surface area contributed by atoms with Gasteiger partial charge in [-0.2, -0.15) is 0 Å². The van der Waals surface area contributed by atoms with Crippen LogP contribution >= 0.6 is 0 Å². The summed E-state index contributed by atoms with van der Waals surface area (Å²) in [6.07, 6.45) is 4.13. The minimum Gasteiger partial charge on any atom is -0.463 e. The van der Waals surface area contributed by atoms with Gasteiger partial charge in [0.2, 0.25) is 5.72 Å². The molecular weight excluding hydrogens is 377 g/mol. The fraction of sp³-hybridized carbons (Fsp3) is 0.192. The van der Waals surface area contributed by atoms with E-state index in [1.54, 1.807) is 6.07 Å². The van der Waals surface area contributed by atoms with Crippen molar-refractivity contribution in [1.82, 2.24) is 0 Å². The molecule has 3 aromatic carbocycles. The number of benzene rings is 3. The SMILES string of the molecule is C.CC1(C)c2cc(C(=O)c3ccc(F)cc3)ccc2NC12C=Cc1ccccc1O2. The van der Waals surface area contributed by atoms with Crippen molar-refractivity contribution in [3.8, 4) is 5.75 Å². The number of hydrogen-bond acceptors (Lipinski definition) is 3. The van der Waals surface area contributed by atoms with Crippen LogP contribution < -0.4 is 10.1 Å². The van der Waals surface area contributed by atoms with E-state index in [1.165, 1.54) is 24.3 Å². The maximum Gasteiger partial charge on any atom is 0.209 e. The lowest BCUT2D eigenvalue weighted by molar-refractivity contribution is 0.0822. The number of carbonyl (C=O) groups is 1. The first-order chi connectivity index (χ1) is 13.9. The Morgan fingerprint density at radius 3 is 2.43 bits per heavy atom. The average Bonchev–Trinajstić information content (AvgIpc) is 2.94. The summed E-state index contributed by atoms with van der Waals surface area (Å²) in [5, 5.41) is 3.52. The van der Waals surface area contributed by atoms with Gasteiger partial charge < -0.3 is 10.1 Å². The van der Waals surface area contributed by atoms with E-state index in [0.29, 0.717) is 11.1 Å². The highest BCUT2D eigenvalue weighted by atomic mass is 19.1. The summed E-state index contributed by atoms with van der Waals surface area (Å²) in [5.41, 5.74) is 2.87. The van der Waals surface area contributed by atoms with E-state index in [0.717, 1.165) is 22.6 Å². The zero-order chi connectivity index (χ0) is 20.2. The van der Waals surface area contributed by atoms with Crippen molar-refractivity contribution >= 4 is 17.5 Å². The quantitative estimate of drug-likeness (QED) is 0.520. The van der Waals surface area contributed by atoms with Crippen molar-refractivity contribution in [2.45, 2.75) is 32.4 Å². The zero-order valence-corrected chi connectivity index (χ0v) is 16.2. The van der Waals surface area contributed by atoms with Crippen LogP contribution in [0.5, 0.6) is 5.75 Å². The van der Waals surface area contributed by atoms with Crippen molar-refractivity contribution in [1.29, 1.82) is 0 Å². The van der Waals surface area contributed by atoms with Gasteiger partial charge in [-0.3, -0.25) is 4.79 Å². The van der Waals surface area contributed by atoms with E-state index in [4.69, 9.17) is 4.74 Å². The van der Waals surface area contributed by atoms with Gasteiger partial charge in [0.1, 0.15) is 11.6 Å². The molecule has 30 heavy (non-hydrogen) atoms. The van der Waals surface area contributed by atoms with Crippen LogP contribution in [0.25, 0.3) is 6.08 Å². The highest BCUT2D eigenvalue weighted by Gasteiger charge is 2.54. The van der Waals surface area contributed by atoms with Crippen molar-refractivity contribution in [2.75, 3.05) is 5.32 Å². The number of carbonyl (C=O) groups excluding carboxylic acids is 1. The lowest BCUT2D eigenvalue weighted by Gasteiger charge is -2.41. The number of hydrogen-bond donors (Lipinski definition) is 1. The molecule has 2 aliphatic heterocycles. The molecule has 0 saturated carbocycles. The van der Waals surface area contributed by atoms with E-state index >= 15 is 0 Å². The Balaban J connectivity index is 0.00000218. The van der Waals surface area contributed by atoms with Crippen molar-refractivity contribution in [3.63, 3.8) is 0 Å². The fourth-order valence-corrected chi connectivity index (χ4v) is 4.16. The molecule has 0 fully saturated rings. The third-order valence-electron chi connectivity index (χ3n) is 6.00. The number of rotatable bonds is 2. The molecule has 2 aliphatic rings. The van der Waals surface area contributed by atoms with Gasteiger partial charge in [-0.25, -0.2) is 4.39 Å². The molecule has 152 valence electrons. The van der Waals surface area contributed by atoms with Crippen molar-refractivity contribution in [3.05, 3.63) is 101 Å². The number of fused-ring (bicyclic) bond motifs is 2. The molecule has 0 bridgehead atoms. The van der Waals surface area contributed by atoms with Crippen LogP contribution in [0.4, 0.5) is 10.1 Å². The number of anilines is 1. The highest BCUT2D eigenvalue weighted by molar-refractivity contribution is 6.09. The summed E-state index contributed by atoms with van der Waals surface area (Å²) in [6.45, 7) is 4.21. The third-order valence-corrected chi connectivity index (χ3v) is 6.00. The van der Waals surface area contributed by atoms with Gasteiger partial charge in [0, 0.05) is 22.4 Å². The number of para-hydroxylation sites is 1. The summed E-state index contributed by atoms with van der Waals surface area (Å²) in [5.74, 6) is 0.338. The lowest BCUT2D eigenvalue weighted by atomic mass is 9.76. The summed E-state index contributed by atoms with van der Waals surface area (Å²) in [7, 11) is 0. The van der Waals surface area contributed by atoms with Crippen LogP contribution in [0.3, 0.4) is 0 Å². The predicted molar refractivity (Wildman–Crippen MR) is 118 cm³/mol. The van der Waals surface area contributed by atoms with Crippen molar-refractivity contribution < 1.29 is 13.9 Å². The first kappa shape index (κ1) is 19.9. The van der Waals surface area contributed by atoms with Gasteiger partial charge in [-0.1, -0.05) is 25.6 Å². The molecule has 0 saturated heterocycles. The number of halogens is 1.